The first-order chi connectivity index (χ1) is 10.2. The van der Waals surface area contributed by atoms with E-state index in [9.17, 15) is 4.79 Å². The molecule has 0 saturated carbocycles. The molecule has 118 valence electrons. The molecule has 2 heterocycles. The highest BCUT2D eigenvalue weighted by Crippen LogP contribution is 2.13. The maximum atomic E-state index is 12.6. The average Bonchev–Trinajstić information content (AvgIpc) is 2.86. The molecular formula is C15H27N5O. The number of nitrogens with zero attached hydrogens (tertiary/aromatic N) is 4. The van der Waals surface area contributed by atoms with Crippen LogP contribution in [0.3, 0.4) is 0 Å². The molecule has 0 unspecified atom stereocenters. The van der Waals surface area contributed by atoms with Gasteiger partial charge in [0.25, 0.3) is 5.91 Å². The molecule has 6 heteroatoms. The number of nitrogens with two attached hydrogens (primary N) is 1. The van der Waals surface area contributed by atoms with E-state index in [0.29, 0.717) is 6.54 Å². The Balaban J connectivity index is 1.96. The minimum absolute atomic E-state index is 0.114. The quantitative estimate of drug-likeness (QED) is 0.839. The fourth-order valence-electron chi connectivity index (χ4n) is 2.78. The van der Waals surface area contributed by atoms with Crippen LogP contribution in [-0.4, -0.2) is 64.8 Å². The van der Waals surface area contributed by atoms with Gasteiger partial charge >= 0.3 is 0 Å². The summed E-state index contributed by atoms with van der Waals surface area (Å²) in [6.45, 7) is 10.3. The van der Waals surface area contributed by atoms with Crippen LogP contribution in [0, 0.1) is 6.92 Å². The van der Waals surface area contributed by atoms with Crippen LogP contribution in [0.1, 0.15) is 35.8 Å². The van der Waals surface area contributed by atoms with Crippen LogP contribution in [0.25, 0.3) is 0 Å². The molecule has 0 atom stereocenters. The molecule has 0 bridgehead atoms. The summed E-state index contributed by atoms with van der Waals surface area (Å²) in [6.07, 6.45) is 3.75. The van der Waals surface area contributed by atoms with Crippen molar-refractivity contribution in [3.63, 3.8) is 0 Å². The standard InChI is InChI=1S/C15H27N5O/c1-3-6-18-8-10-19(11-9-18)15(21)14-12-17-20(13(14)2)7-4-5-16/h12H,3-11,16H2,1-2H3. The third-order valence-electron chi connectivity index (χ3n) is 4.11. The van der Waals surface area contributed by atoms with Crippen LogP contribution in [0.2, 0.25) is 0 Å². The Morgan fingerprint density at radius 1 is 1.29 bits per heavy atom. The highest BCUT2D eigenvalue weighted by molar-refractivity contribution is 5.95. The smallest absolute Gasteiger partial charge is 0.257 e. The van der Waals surface area contributed by atoms with Gasteiger partial charge < -0.3 is 10.6 Å². The van der Waals surface area contributed by atoms with Crippen molar-refractivity contribution in [2.24, 2.45) is 5.73 Å². The molecule has 2 rings (SSSR count). The number of carbonyl (C=O) groups excluding carboxylic acids is 1. The van der Waals surface area contributed by atoms with Gasteiger partial charge in [-0.05, 0) is 32.9 Å². The first kappa shape index (κ1) is 16.0. The second-order valence-electron chi connectivity index (χ2n) is 5.64. The van der Waals surface area contributed by atoms with Crippen LogP contribution >= 0.6 is 0 Å². The molecule has 0 aliphatic carbocycles. The average molecular weight is 293 g/mol. The zero-order chi connectivity index (χ0) is 15.2. The van der Waals surface area contributed by atoms with Crippen LogP contribution in [-0.2, 0) is 6.54 Å². The molecule has 2 N–H and O–H groups in total. The van der Waals surface area contributed by atoms with E-state index in [-0.39, 0.29) is 5.91 Å². The van der Waals surface area contributed by atoms with Crippen molar-refractivity contribution in [1.29, 1.82) is 0 Å². The molecule has 1 amide bonds. The number of hydrogen-bond acceptors (Lipinski definition) is 4. The number of aryl methyl sites for hydroxylation is 1. The minimum Gasteiger partial charge on any atom is -0.336 e. The zero-order valence-corrected chi connectivity index (χ0v) is 13.2. The van der Waals surface area contributed by atoms with E-state index in [0.717, 1.165) is 56.9 Å². The van der Waals surface area contributed by atoms with Gasteiger partial charge in [-0.25, -0.2) is 0 Å². The molecule has 1 aromatic heterocycles. The van der Waals surface area contributed by atoms with Crippen molar-refractivity contribution >= 4 is 5.91 Å². The first-order valence-corrected chi connectivity index (χ1v) is 7.91. The Hall–Kier alpha value is -1.40. The Labute approximate surface area is 126 Å². The fraction of sp³-hybridized carbons (Fsp3) is 0.733. The molecule has 1 aliphatic heterocycles. The number of carbonyl (C=O) groups is 1. The predicted molar refractivity (Wildman–Crippen MR) is 83.3 cm³/mol. The van der Waals surface area contributed by atoms with Crippen LogP contribution in [0.4, 0.5) is 0 Å². The van der Waals surface area contributed by atoms with Gasteiger partial charge in [0.1, 0.15) is 0 Å². The summed E-state index contributed by atoms with van der Waals surface area (Å²) in [7, 11) is 0. The number of amides is 1. The van der Waals surface area contributed by atoms with Gasteiger partial charge in [-0.1, -0.05) is 6.92 Å². The van der Waals surface area contributed by atoms with E-state index in [1.165, 1.54) is 6.42 Å². The number of piperazine rings is 1. The Morgan fingerprint density at radius 2 is 2.00 bits per heavy atom. The van der Waals surface area contributed by atoms with E-state index in [4.69, 9.17) is 5.73 Å². The summed E-state index contributed by atoms with van der Waals surface area (Å²) in [6, 6.07) is 0. The fourth-order valence-corrected chi connectivity index (χ4v) is 2.78. The molecule has 6 nitrogen and oxygen atoms in total. The van der Waals surface area contributed by atoms with Crippen molar-refractivity contribution in [2.75, 3.05) is 39.3 Å². The van der Waals surface area contributed by atoms with E-state index < -0.39 is 0 Å². The second kappa shape index (κ2) is 7.56. The van der Waals surface area contributed by atoms with Crippen molar-refractivity contribution < 1.29 is 4.79 Å². The van der Waals surface area contributed by atoms with E-state index >= 15 is 0 Å². The summed E-state index contributed by atoms with van der Waals surface area (Å²) in [5.41, 5.74) is 7.21. The lowest BCUT2D eigenvalue weighted by atomic mass is 10.2. The van der Waals surface area contributed by atoms with Crippen molar-refractivity contribution in [3.8, 4) is 0 Å². The Bertz CT molecular complexity index is 463. The summed E-state index contributed by atoms with van der Waals surface area (Å²) in [5.74, 6) is 0.114. The lowest BCUT2D eigenvalue weighted by Crippen LogP contribution is -2.48. The second-order valence-corrected chi connectivity index (χ2v) is 5.64. The number of aromatic nitrogens is 2. The van der Waals surface area contributed by atoms with Crippen molar-refractivity contribution in [1.82, 2.24) is 19.6 Å². The normalized spacial score (nSPS) is 16.4. The van der Waals surface area contributed by atoms with Gasteiger partial charge in [0, 0.05) is 38.4 Å². The van der Waals surface area contributed by atoms with Crippen LogP contribution in [0.15, 0.2) is 6.20 Å². The lowest BCUT2D eigenvalue weighted by Gasteiger charge is -2.34. The maximum absolute atomic E-state index is 12.6. The lowest BCUT2D eigenvalue weighted by molar-refractivity contribution is 0.0636. The monoisotopic (exact) mass is 293 g/mol. The van der Waals surface area contributed by atoms with Gasteiger partial charge in [-0.3, -0.25) is 14.4 Å². The van der Waals surface area contributed by atoms with Gasteiger partial charge in [0.2, 0.25) is 0 Å². The van der Waals surface area contributed by atoms with Crippen LogP contribution < -0.4 is 5.73 Å². The van der Waals surface area contributed by atoms with Gasteiger partial charge in [0.15, 0.2) is 0 Å². The van der Waals surface area contributed by atoms with Gasteiger partial charge in [-0.2, -0.15) is 5.10 Å². The molecule has 1 aromatic rings. The van der Waals surface area contributed by atoms with E-state index in [2.05, 4.69) is 16.9 Å². The maximum Gasteiger partial charge on any atom is 0.257 e. The molecule has 0 aromatic carbocycles. The van der Waals surface area contributed by atoms with E-state index in [1.807, 2.05) is 16.5 Å². The summed E-state index contributed by atoms with van der Waals surface area (Å²) in [4.78, 5) is 17.0. The minimum atomic E-state index is 0.114. The van der Waals surface area contributed by atoms with Crippen LogP contribution in [0.5, 0.6) is 0 Å². The number of rotatable bonds is 6. The predicted octanol–water partition coefficient (Wildman–Crippen LogP) is 0.708. The molecule has 1 fully saturated rings. The third kappa shape index (κ3) is 3.83. The third-order valence-corrected chi connectivity index (χ3v) is 4.11. The highest BCUT2D eigenvalue weighted by atomic mass is 16.2. The molecule has 0 radical (unpaired) electrons. The van der Waals surface area contributed by atoms with Gasteiger partial charge in [-0.15, -0.1) is 0 Å². The largest absolute Gasteiger partial charge is 0.336 e. The van der Waals surface area contributed by atoms with Crippen molar-refractivity contribution in [2.45, 2.75) is 33.2 Å². The zero-order valence-electron chi connectivity index (χ0n) is 13.2. The summed E-state index contributed by atoms with van der Waals surface area (Å²) < 4.78 is 1.88. The van der Waals surface area contributed by atoms with Gasteiger partial charge in [0.05, 0.1) is 11.8 Å². The number of hydrogen-bond donors (Lipinski definition) is 1. The summed E-state index contributed by atoms with van der Waals surface area (Å²) >= 11 is 0. The topological polar surface area (TPSA) is 67.4 Å². The Morgan fingerprint density at radius 3 is 2.62 bits per heavy atom. The van der Waals surface area contributed by atoms with E-state index in [1.54, 1.807) is 6.20 Å². The SMILES string of the molecule is CCCN1CCN(C(=O)c2cnn(CCCN)c2C)CC1. The molecule has 1 aliphatic rings. The first-order valence-electron chi connectivity index (χ1n) is 7.91. The summed E-state index contributed by atoms with van der Waals surface area (Å²) in [5, 5.41) is 4.32. The molecule has 0 spiro atoms. The molecule has 21 heavy (non-hydrogen) atoms. The Kier molecular flexibility index (Phi) is 5.76. The molecular weight excluding hydrogens is 266 g/mol. The van der Waals surface area contributed by atoms with Crippen molar-refractivity contribution in [3.05, 3.63) is 17.5 Å². The molecule has 1 saturated heterocycles. The highest BCUT2D eigenvalue weighted by Gasteiger charge is 2.24.